The summed E-state index contributed by atoms with van der Waals surface area (Å²) in [5.74, 6) is -0.475. The summed E-state index contributed by atoms with van der Waals surface area (Å²) in [6.07, 6.45) is 0.210. The number of hydrogen-bond acceptors (Lipinski definition) is 4. The number of thiazole rings is 1. The summed E-state index contributed by atoms with van der Waals surface area (Å²) in [7, 11) is 0. The number of aryl methyl sites for hydroxylation is 2. The van der Waals surface area contributed by atoms with Crippen molar-refractivity contribution in [3.05, 3.63) is 89.0 Å². The summed E-state index contributed by atoms with van der Waals surface area (Å²) in [6.45, 7) is 6.93. The molecule has 5 nitrogen and oxygen atoms in total. The van der Waals surface area contributed by atoms with Crippen molar-refractivity contribution in [2.45, 2.75) is 33.7 Å². The van der Waals surface area contributed by atoms with E-state index in [4.69, 9.17) is 4.98 Å². The van der Waals surface area contributed by atoms with Crippen molar-refractivity contribution in [2.24, 2.45) is 5.92 Å². The van der Waals surface area contributed by atoms with Gasteiger partial charge in [-0.25, -0.2) is 4.98 Å². The van der Waals surface area contributed by atoms with Crippen molar-refractivity contribution in [1.82, 2.24) is 4.98 Å². The summed E-state index contributed by atoms with van der Waals surface area (Å²) in [6, 6.07) is 22.0. The molecule has 0 unspecified atom stereocenters. The Morgan fingerprint density at radius 3 is 2.65 bits per heavy atom. The number of nitrogens with zero attached hydrogens (tertiary/aromatic N) is 3. The van der Waals surface area contributed by atoms with Crippen LogP contribution in [0, 0.1) is 26.7 Å². The summed E-state index contributed by atoms with van der Waals surface area (Å²) < 4.78 is 1.06. The maximum absolute atomic E-state index is 13.9. The minimum atomic E-state index is -0.412. The van der Waals surface area contributed by atoms with Crippen LogP contribution < -0.4 is 9.80 Å². The number of aromatic nitrogens is 1. The van der Waals surface area contributed by atoms with Crippen molar-refractivity contribution in [3.8, 4) is 0 Å². The first-order valence-electron chi connectivity index (χ1n) is 11.5. The zero-order valence-electron chi connectivity index (χ0n) is 19.6. The fraction of sp³-hybridized carbons (Fsp3) is 0.250. The molecule has 1 aromatic heterocycles. The zero-order chi connectivity index (χ0) is 23.8. The molecule has 172 valence electrons. The molecule has 1 aliphatic heterocycles. The SMILES string of the molecule is Cc1ccc2nc(N(Cc3ccccc3)C(=O)[C@@H]3CC(=O)N(c4cccc(C)c4C)C3)sc2c1. The Morgan fingerprint density at radius 1 is 1.06 bits per heavy atom. The van der Waals surface area contributed by atoms with Gasteiger partial charge in [-0.3, -0.25) is 14.5 Å². The lowest BCUT2D eigenvalue weighted by Gasteiger charge is -2.24. The van der Waals surface area contributed by atoms with Gasteiger partial charge in [0, 0.05) is 18.7 Å². The number of benzene rings is 3. The molecule has 1 fully saturated rings. The van der Waals surface area contributed by atoms with Gasteiger partial charge < -0.3 is 4.90 Å². The molecule has 2 heterocycles. The minimum Gasteiger partial charge on any atom is -0.311 e. The van der Waals surface area contributed by atoms with Gasteiger partial charge in [0.05, 0.1) is 22.7 Å². The van der Waals surface area contributed by atoms with E-state index < -0.39 is 5.92 Å². The molecule has 34 heavy (non-hydrogen) atoms. The Kier molecular flexibility index (Phi) is 5.92. The van der Waals surface area contributed by atoms with Crippen LogP contribution in [0.2, 0.25) is 0 Å². The van der Waals surface area contributed by atoms with Crippen molar-refractivity contribution >= 4 is 44.2 Å². The largest absolute Gasteiger partial charge is 0.311 e. The van der Waals surface area contributed by atoms with Gasteiger partial charge in [-0.15, -0.1) is 0 Å². The second kappa shape index (κ2) is 9.03. The highest BCUT2D eigenvalue weighted by Gasteiger charge is 2.39. The van der Waals surface area contributed by atoms with Crippen LogP contribution in [0.5, 0.6) is 0 Å². The highest BCUT2D eigenvalue weighted by molar-refractivity contribution is 7.22. The molecule has 1 atom stereocenters. The van der Waals surface area contributed by atoms with Gasteiger partial charge in [-0.1, -0.05) is 59.9 Å². The van der Waals surface area contributed by atoms with Gasteiger partial charge in [-0.05, 0) is 61.2 Å². The third-order valence-electron chi connectivity index (χ3n) is 6.55. The highest BCUT2D eigenvalue weighted by Crippen LogP contribution is 2.34. The molecule has 0 aliphatic carbocycles. The standard InChI is InChI=1S/C28H27N3O2S/c1-18-12-13-23-25(14-18)34-28(29-23)31(16-21-9-5-4-6-10-21)27(33)22-15-26(32)30(17-22)24-11-7-8-19(2)20(24)3/h4-14,22H,15-17H2,1-3H3/t22-/m1/s1. The fourth-order valence-electron chi connectivity index (χ4n) is 4.50. The molecule has 0 spiro atoms. The van der Waals surface area contributed by atoms with Gasteiger partial charge in [0.1, 0.15) is 0 Å². The Labute approximate surface area is 203 Å². The van der Waals surface area contributed by atoms with E-state index in [1.54, 1.807) is 9.80 Å². The molecule has 2 amide bonds. The van der Waals surface area contributed by atoms with E-state index in [2.05, 4.69) is 13.0 Å². The quantitative estimate of drug-likeness (QED) is 0.371. The Balaban J connectivity index is 1.47. The van der Waals surface area contributed by atoms with Gasteiger partial charge in [0.15, 0.2) is 5.13 Å². The van der Waals surface area contributed by atoms with Crippen LogP contribution >= 0.6 is 11.3 Å². The molecule has 0 radical (unpaired) electrons. The number of fused-ring (bicyclic) bond motifs is 1. The average molecular weight is 470 g/mol. The van der Waals surface area contributed by atoms with Crippen molar-refractivity contribution < 1.29 is 9.59 Å². The number of carbonyl (C=O) groups is 2. The van der Waals surface area contributed by atoms with Gasteiger partial charge >= 0.3 is 0 Å². The molecule has 1 aliphatic rings. The monoisotopic (exact) mass is 469 g/mol. The lowest BCUT2D eigenvalue weighted by atomic mass is 10.1. The number of carbonyl (C=O) groups excluding carboxylic acids is 2. The summed E-state index contributed by atoms with van der Waals surface area (Å²) in [5, 5.41) is 0.673. The first-order chi connectivity index (χ1) is 16.4. The van der Waals surface area contributed by atoms with E-state index in [0.29, 0.717) is 18.2 Å². The fourth-order valence-corrected chi connectivity index (χ4v) is 5.56. The normalized spacial score (nSPS) is 15.8. The van der Waals surface area contributed by atoms with Crippen LogP contribution in [-0.2, 0) is 16.1 Å². The van der Waals surface area contributed by atoms with Crippen LogP contribution in [0.1, 0.15) is 28.7 Å². The number of hydrogen-bond donors (Lipinski definition) is 0. The summed E-state index contributed by atoms with van der Waals surface area (Å²) in [5.41, 5.74) is 6.18. The number of anilines is 2. The van der Waals surface area contributed by atoms with Crippen LogP contribution in [0.3, 0.4) is 0 Å². The van der Waals surface area contributed by atoms with Crippen molar-refractivity contribution in [3.63, 3.8) is 0 Å². The average Bonchev–Trinajstić information content (AvgIpc) is 3.42. The molecule has 6 heteroatoms. The Hall–Kier alpha value is -3.51. The van der Waals surface area contributed by atoms with E-state index >= 15 is 0 Å². The molecule has 1 saturated heterocycles. The van der Waals surface area contributed by atoms with Gasteiger partial charge in [0.25, 0.3) is 0 Å². The molecule has 0 saturated carbocycles. The van der Waals surface area contributed by atoms with E-state index in [-0.39, 0.29) is 18.2 Å². The topological polar surface area (TPSA) is 53.5 Å². The van der Waals surface area contributed by atoms with Crippen molar-refractivity contribution in [2.75, 3.05) is 16.3 Å². The van der Waals surface area contributed by atoms with E-state index in [1.165, 1.54) is 11.3 Å². The summed E-state index contributed by atoms with van der Waals surface area (Å²) in [4.78, 5) is 35.2. The predicted molar refractivity (Wildman–Crippen MR) is 138 cm³/mol. The van der Waals surface area contributed by atoms with E-state index in [0.717, 1.165) is 38.2 Å². The molecule has 5 rings (SSSR count). The molecule has 0 bridgehead atoms. The van der Waals surface area contributed by atoms with Crippen LogP contribution in [-0.4, -0.2) is 23.3 Å². The maximum Gasteiger partial charge on any atom is 0.234 e. The van der Waals surface area contributed by atoms with Crippen LogP contribution in [0.4, 0.5) is 10.8 Å². The highest BCUT2D eigenvalue weighted by atomic mass is 32.1. The van der Waals surface area contributed by atoms with Gasteiger partial charge in [-0.2, -0.15) is 0 Å². The Bertz CT molecular complexity index is 1380. The minimum absolute atomic E-state index is 0.00774. The lowest BCUT2D eigenvalue weighted by Crippen LogP contribution is -2.37. The second-order valence-electron chi connectivity index (χ2n) is 9.00. The zero-order valence-corrected chi connectivity index (χ0v) is 20.4. The van der Waals surface area contributed by atoms with E-state index in [9.17, 15) is 9.59 Å². The molecular formula is C28H27N3O2S. The van der Waals surface area contributed by atoms with Crippen LogP contribution in [0.25, 0.3) is 10.2 Å². The second-order valence-corrected chi connectivity index (χ2v) is 10.0. The Morgan fingerprint density at radius 2 is 1.85 bits per heavy atom. The maximum atomic E-state index is 13.9. The van der Waals surface area contributed by atoms with Crippen molar-refractivity contribution in [1.29, 1.82) is 0 Å². The first kappa shape index (κ1) is 22.3. The first-order valence-corrected chi connectivity index (χ1v) is 12.3. The number of amides is 2. The van der Waals surface area contributed by atoms with Gasteiger partial charge in [0.2, 0.25) is 11.8 Å². The van der Waals surface area contributed by atoms with Crippen LogP contribution in [0.15, 0.2) is 66.7 Å². The number of rotatable bonds is 5. The molecule has 3 aromatic carbocycles. The third-order valence-corrected chi connectivity index (χ3v) is 7.60. The molecule has 0 N–H and O–H groups in total. The third kappa shape index (κ3) is 4.21. The smallest absolute Gasteiger partial charge is 0.234 e. The summed E-state index contributed by atoms with van der Waals surface area (Å²) >= 11 is 1.52. The lowest BCUT2D eigenvalue weighted by molar-refractivity contribution is -0.124. The predicted octanol–water partition coefficient (Wildman–Crippen LogP) is 5.81. The molecular weight excluding hydrogens is 442 g/mol. The van der Waals surface area contributed by atoms with E-state index in [1.807, 2.05) is 74.5 Å². The molecule has 4 aromatic rings.